The lowest BCUT2D eigenvalue weighted by atomic mass is 10.1. The first-order valence-electron chi connectivity index (χ1n) is 7.97. The van der Waals surface area contributed by atoms with Crippen molar-refractivity contribution in [1.29, 1.82) is 0 Å². The molecule has 25 heavy (non-hydrogen) atoms. The number of aromatic nitrogens is 2. The number of nitrogens with zero attached hydrogens (tertiary/aromatic N) is 2. The molecule has 3 rings (SSSR count). The molecule has 0 aliphatic carbocycles. The van der Waals surface area contributed by atoms with Gasteiger partial charge in [0.15, 0.2) is 5.69 Å². The van der Waals surface area contributed by atoms with Gasteiger partial charge in [-0.2, -0.15) is 5.10 Å². The molecule has 0 fully saturated rings. The van der Waals surface area contributed by atoms with Crippen LogP contribution in [0.25, 0.3) is 10.8 Å². The van der Waals surface area contributed by atoms with Gasteiger partial charge >= 0.3 is 0 Å². The van der Waals surface area contributed by atoms with Gasteiger partial charge in [-0.25, -0.2) is 4.68 Å². The lowest BCUT2D eigenvalue weighted by Crippen LogP contribution is -2.28. The molecule has 3 aromatic rings. The van der Waals surface area contributed by atoms with E-state index in [2.05, 4.69) is 33.0 Å². The minimum atomic E-state index is -0.328. The van der Waals surface area contributed by atoms with Crippen LogP contribution in [0.4, 0.5) is 5.69 Å². The Balaban J connectivity index is 2.10. The summed E-state index contributed by atoms with van der Waals surface area (Å²) in [5.74, 6) is -0.328. The van der Waals surface area contributed by atoms with Crippen molar-refractivity contribution in [3.05, 3.63) is 67.6 Å². The zero-order valence-corrected chi connectivity index (χ0v) is 16.4. The number of carbonyl (C=O) groups excluding carboxylic acids is 1. The van der Waals surface area contributed by atoms with Gasteiger partial charge in [0, 0.05) is 14.6 Å². The molecule has 1 aromatic heterocycles. The highest BCUT2D eigenvalue weighted by Crippen LogP contribution is 2.20. The lowest BCUT2D eigenvalue weighted by molar-refractivity contribution is 0.102. The minimum absolute atomic E-state index is 0.135. The molecule has 1 N–H and O–H groups in total. The molecule has 0 atom stereocenters. The fourth-order valence-electron chi connectivity index (χ4n) is 2.59. The van der Waals surface area contributed by atoms with Crippen molar-refractivity contribution >= 4 is 45.0 Å². The first-order valence-corrected chi connectivity index (χ1v) is 9.05. The SMILES string of the molecule is Cc1ccc(NC(=O)c2nn(C(C)C)c(=O)c3ccccc23)cc1I. The van der Waals surface area contributed by atoms with Gasteiger partial charge in [-0.15, -0.1) is 0 Å². The van der Waals surface area contributed by atoms with Gasteiger partial charge in [-0.3, -0.25) is 9.59 Å². The van der Waals surface area contributed by atoms with Crippen LogP contribution >= 0.6 is 22.6 Å². The highest BCUT2D eigenvalue weighted by molar-refractivity contribution is 14.1. The molecule has 0 aliphatic rings. The predicted octanol–water partition coefficient (Wildman–Crippen LogP) is 4.14. The number of nitrogens with one attached hydrogen (secondary N) is 1. The second-order valence-corrected chi connectivity index (χ2v) is 7.32. The largest absolute Gasteiger partial charge is 0.321 e. The zero-order chi connectivity index (χ0) is 18.1. The molecule has 0 saturated heterocycles. The minimum Gasteiger partial charge on any atom is -0.321 e. The van der Waals surface area contributed by atoms with Gasteiger partial charge in [-0.1, -0.05) is 24.3 Å². The van der Waals surface area contributed by atoms with E-state index in [0.717, 1.165) is 9.13 Å². The normalized spacial score (nSPS) is 11.1. The van der Waals surface area contributed by atoms with Crippen LogP contribution in [0.3, 0.4) is 0 Å². The Bertz CT molecular complexity index is 1020. The number of aryl methyl sites for hydroxylation is 1. The van der Waals surface area contributed by atoms with E-state index in [-0.39, 0.29) is 23.2 Å². The van der Waals surface area contributed by atoms with E-state index in [0.29, 0.717) is 16.5 Å². The van der Waals surface area contributed by atoms with Crippen LogP contribution in [0.1, 0.15) is 35.9 Å². The molecule has 1 amide bonds. The number of amides is 1. The van der Waals surface area contributed by atoms with E-state index in [1.165, 1.54) is 4.68 Å². The Morgan fingerprint density at radius 3 is 2.48 bits per heavy atom. The second kappa shape index (κ2) is 6.95. The number of rotatable bonds is 3. The Labute approximate surface area is 159 Å². The molecule has 0 saturated carbocycles. The average molecular weight is 447 g/mol. The van der Waals surface area contributed by atoms with Gasteiger partial charge in [-0.05, 0) is 67.1 Å². The summed E-state index contributed by atoms with van der Waals surface area (Å²) in [7, 11) is 0. The maximum Gasteiger partial charge on any atom is 0.276 e. The van der Waals surface area contributed by atoms with Crippen LogP contribution in [0.15, 0.2) is 47.3 Å². The molecule has 0 spiro atoms. The van der Waals surface area contributed by atoms with Crippen molar-refractivity contribution in [2.24, 2.45) is 0 Å². The molecule has 1 heterocycles. The number of hydrogen-bond donors (Lipinski definition) is 1. The number of hydrogen-bond acceptors (Lipinski definition) is 3. The van der Waals surface area contributed by atoms with Crippen LogP contribution in [-0.2, 0) is 0 Å². The van der Waals surface area contributed by atoms with E-state index in [4.69, 9.17) is 0 Å². The van der Waals surface area contributed by atoms with Crippen molar-refractivity contribution in [2.75, 3.05) is 5.32 Å². The predicted molar refractivity (Wildman–Crippen MR) is 108 cm³/mol. The van der Waals surface area contributed by atoms with E-state index in [1.54, 1.807) is 24.3 Å². The van der Waals surface area contributed by atoms with Crippen molar-refractivity contribution in [1.82, 2.24) is 9.78 Å². The summed E-state index contributed by atoms with van der Waals surface area (Å²) >= 11 is 2.23. The molecule has 128 valence electrons. The standard InChI is InChI=1S/C19H18IN3O2/c1-11(2)23-19(25)15-7-5-4-6-14(15)17(22-23)18(24)21-13-9-8-12(3)16(20)10-13/h4-11H,1-3H3,(H,21,24). The topological polar surface area (TPSA) is 64.0 Å². The highest BCUT2D eigenvalue weighted by Gasteiger charge is 2.18. The number of carbonyl (C=O) groups is 1. The van der Waals surface area contributed by atoms with Gasteiger partial charge in [0.2, 0.25) is 0 Å². The first-order chi connectivity index (χ1) is 11.9. The number of anilines is 1. The zero-order valence-electron chi connectivity index (χ0n) is 14.2. The van der Waals surface area contributed by atoms with E-state index < -0.39 is 0 Å². The highest BCUT2D eigenvalue weighted by atomic mass is 127. The molecule has 2 aromatic carbocycles. The van der Waals surface area contributed by atoms with E-state index in [9.17, 15) is 9.59 Å². The smallest absolute Gasteiger partial charge is 0.276 e. The van der Waals surface area contributed by atoms with Crippen molar-refractivity contribution < 1.29 is 4.79 Å². The molecule has 0 unspecified atom stereocenters. The van der Waals surface area contributed by atoms with Crippen LogP contribution in [0, 0.1) is 10.5 Å². The summed E-state index contributed by atoms with van der Waals surface area (Å²) in [5.41, 5.74) is 1.91. The third-order valence-electron chi connectivity index (χ3n) is 3.96. The van der Waals surface area contributed by atoms with Crippen LogP contribution in [0.2, 0.25) is 0 Å². The van der Waals surface area contributed by atoms with E-state index in [1.807, 2.05) is 39.0 Å². The average Bonchev–Trinajstić information content (AvgIpc) is 2.58. The Morgan fingerprint density at radius 1 is 1.16 bits per heavy atom. The van der Waals surface area contributed by atoms with Crippen LogP contribution < -0.4 is 10.9 Å². The van der Waals surface area contributed by atoms with Crippen molar-refractivity contribution in [2.45, 2.75) is 26.8 Å². The fourth-order valence-corrected chi connectivity index (χ4v) is 3.10. The van der Waals surface area contributed by atoms with Crippen LogP contribution in [0.5, 0.6) is 0 Å². The maximum absolute atomic E-state index is 12.8. The van der Waals surface area contributed by atoms with Crippen molar-refractivity contribution in [3.63, 3.8) is 0 Å². The summed E-state index contributed by atoms with van der Waals surface area (Å²) in [6.07, 6.45) is 0. The Kier molecular flexibility index (Phi) is 4.89. The number of fused-ring (bicyclic) bond motifs is 1. The summed E-state index contributed by atoms with van der Waals surface area (Å²) in [5, 5.41) is 8.26. The lowest BCUT2D eigenvalue weighted by Gasteiger charge is -2.13. The molecular formula is C19H18IN3O2. The molecule has 6 heteroatoms. The maximum atomic E-state index is 12.8. The summed E-state index contributed by atoms with van der Waals surface area (Å²) < 4.78 is 2.43. The second-order valence-electron chi connectivity index (χ2n) is 6.16. The third kappa shape index (κ3) is 3.44. The molecule has 5 nitrogen and oxygen atoms in total. The Hall–Kier alpha value is -2.22. The summed E-state index contributed by atoms with van der Waals surface area (Å²) in [6.45, 7) is 5.75. The summed E-state index contributed by atoms with van der Waals surface area (Å²) in [4.78, 5) is 25.4. The van der Waals surface area contributed by atoms with Gasteiger partial charge in [0.25, 0.3) is 11.5 Å². The molecular weight excluding hydrogens is 429 g/mol. The molecule has 0 radical (unpaired) electrons. The third-order valence-corrected chi connectivity index (χ3v) is 5.12. The first kappa shape index (κ1) is 17.6. The van der Waals surface area contributed by atoms with Crippen molar-refractivity contribution in [3.8, 4) is 0 Å². The number of benzene rings is 2. The quantitative estimate of drug-likeness (QED) is 0.614. The van der Waals surface area contributed by atoms with Crippen LogP contribution in [-0.4, -0.2) is 15.7 Å². The van der Waals surface area contributed by atoms with Gasteiger partial charge in [0.05, 0.1) is 11.4 Å². The number of halogens is 1. The van der Waals surface area contributed by atoms with Gasteiger partial charge in [0.1, 0.15) is 0 Å². The van der Waals surface area contributed by atoms with E-state index >= 15 is 0 Å². The monoisotopic (exact) mass is 447 g/mol. The molecule has 0 aliphatic heterocycles. The fraction of sp³-hybridized carbons (Fsp3) is 0.211. The molecule has 0 bridgehead atoms. The Morgan fingerprint density at radius 2 is 1.84 bits per heavy atom. The van der Waals surface area contributed by atoms with Gasteiger partial charge < -0.3 is 5.32 Å². The summed E-state index contributed by atoms with van der Waals surface area (Å²) in [6, 6.07) is 12.7.